The van der Waals surface area contributed by atoms with E-state index in [4.69, 9.17) is 4.74 Å². The molecule has 0 fully saturated rings. The Morgan fingerprint density at radius 1 is 1.04 bits per heavy atom. The number of hydrogen-bond donors (Lipinski definition) is 0. The number of rotatable bonds is 4. The molecule has 7 heteroatoms. The summed E-state index contributed by atoms with van der Waals surface area (Å²) in [6, 6.07) is 12.5. The number of amides is 2. The lowest BCUT2D eigenvalue weighted by Gasteiger charge is -2.25. The Balaban J connectivity index is 1.67. The Labute approximate surface area is 149 Å². The van der Waals surface area contributed by atoms with Gasteiger partial charge < -0.3 is 9.47 Å². The van der Waals surface area contributed by atoms with Gasteiger partial charge in [0.15, 0.2) is 0 Å². The normalized spacial score (nSPS) is 13.2. The molecule has 2 aromatic carbocycles. The predicted molar refractivity (Wildman–Crippen MR) is 89.6 cm³/mol. The predicted octanol–water partition coefficient (Wildman–Crippen LogP) is 1.60. The number of benzene rings is 2. The third-order valence-electron chi connectivity index (χ3n) is 3.93. The van der Waals surface area contributed by atoms with Gasteiger partial charge in [0, 0.05) is 5.56 Å². The van der Waals surface area contributed by atoms with Crippen LogP contribution in [0.4, 0.5) is 0 Å². The maximum Gasteiger partial charge on any atom is 0.337 e. The molecule has 0 N–H and O–H groups in total. The molecule has 0 atom stereocenters. The summed E-state index contributed by atoms with van der Waals surface area (Å²) in [6.07, 6.45) is 0.0586. The molecule has 0 aliphatic carbocycles. The van der Waals surface area contributed by atoms with Crippen LogP contribution in [0.15, 0.2) is 48.5 Å². The molecule has 7 nitrogen and oxygen atoms in total. The van der Waals surface area contributed by atoms with E-state index in [-0.39, 0.29) is 12.2 Å². The first kappa shape index (κ1) is 17.3. The summed E-state index contributed by atoms with van der Waals surface area (Å²) >= 11 is 0. The standard InChI is InChI=1S/C19H15NO6/c1-25-19(24)12-6-8-14(9-7-12)26-17(22)11-20-16(21)10-13-4-2-3-5-15(13)18(20)23/h2-9H,10-11H2,1H3. The van der Waals surface area contributed by atoms with Crippen LogP contribution in [0, 0.1) is 0 Å². The van der Waals surface area contributed by atoms with Crippen molar-refractivity contribution in [2.45, 2.75) is 6.42 Å². The van der Waals surface area contributed by atoms with Crippen molar-refractivity contribution in [3.05, 3.63) is 65.2 Å². The summed E-state index contributed by atoms with van der Waals surface area (Å²) in [4.78, 5) is 48.9. The zero-order valence-corrected chi connectivity index (χ0v) is 13.9. The minimum Gasteiger partial charge on any atom is -0.465 e. The van der Waals surface area contributed by atoms with Crippen LogP contribution in [0.25, 0.3) is 0 Å². The summed E-state index contributed by atoms with van der Waals surface area (Å²) in [5.41, 5.74) is 1.36. The van der Waals surface area contributed by atoms with Gasteiger partial charge in [-0.3, -0.25) is 14.5 Å². The van der Waals surface area contributed by atoms with Gasteiger partial charge in [-0.15, -0.1) is 0 Å². The Morgan fingerprint density at radius 3 is 2.42 bits per heavy atom. The van der Waals surface area contributed by atoms with E-state index in [0.29, 0.717) is 16.7 Å². The minimum absolute atomic E-state index is 0.0586. The topological polar surface area (TPSA) is 90.0 Å². The monoisotopic (exact) mass is 353 g/mol. The molecular weight excluding hydrogens is 338 g/mol. The van der Waals surface area contributed by atoms with E-state index in [9.17, 15) is 19.2 Å². The molecule has 0 saturated heterocycles. The Bertz CT molecular complexity index is 887. The zero-order chi connectivity index (χ0) is 18.7. The molecule has 132 valence electrons. The van der Waals surface area contributed by atoms with Crippen LogP contribution in [0.2, 0.25) is 0 Å². The van der Waals surface area contributed by atoms with Gasteiger partial charge in [0.05, 0.1) is 19.1 Å². The lowest BCUT2D eigenvalue weighted by molar-refractivity contribution is -0.140. The summed E-state index contributed by atoms with van der Waals surface area (Å²) in [5, 5.41) is 0. The summed E-state index contributed by atoms with van der Waals surface area (Å²) in [5.74, 6) is -2.04. The molecule has 1 aliphatic heterocycles. The third kappa shape index (κ3) is 3.46. The van der Waals surface area contributed by atoms with Crippen LogP contribution < -0.4 is 4.74 Å². The number of fused-ring (bicyclic) bond motifs is 1. The lowest BCUT2D eigenvalue weighted by Crippen LogP contribution is -2.45. The number of carbonyl (C=O) groups excluding carboxylic acids is 4. The van der Waals surface area contributed by atoms with E-state index < -0.39 is 30.3 Å². The van der Waals surface area contributed by atoms with Gasteiger partial charge in [-0.2, -0.15) is 0 Å². The molecule has 2 amide bonds. The van der Waals surface area contributed by atoms with Crippen molar-refractivity contribution in [1.82, 2.24) is 4.90 Å². The van der Waals surface area contributed by atoms with Crippen LogP contribution >= 0.6 is 0 Å². The molecule has 0 radical (unpaired) electrons. The highest BCUT2D eigenvalue weighted by Crippen LogP contribution is 2.20. The lowest BCUT2D eigenvalue weighted by atomic mass is 9.98. The highest BCUT2D eigenvalue weighted by molar-refractivity contribution is 6.11. The van der Waals surface area contributed by atoms with Crippen molar-refractivity contribution in [1.29, 1.82) is 0 Å². The molecule has 0 aromatic heterocycles. The number of esters is 2. The maximum atomic E-state index is 12.4. The second-order valence-electron chi connectivity index (χ2n) is 5.61. The van der Waals surface area contributed by atoms with Gasteiger partial charge in [-0.05, 0) is 35.9 Å². The van der Waals surface area contributed by atoms with Crippen molar-refractivity contribution < 1.29 is 28.7 Å². The van der Waals surface area contributed by atoms with Crippen molar-refractivity contribution in [3.8, 4) is 5.75 Å². The van der Waals surface area contributed by atoms with E-state index in [1.807, 2.05) is 0 Å². The van der Waals surface area contributed by atoms with Gasteiger partial charge in [-0.25, -0.2) is 9.59 Å². The second-order valence-corrected chi connectivity index (χ2v) is 5.61. The fourth-order valence-corrected chi connectivity index (χ4v) is 2.63. The molecule has 0 saturated carbocycles. The number of imide groups is 1. The van der Waals surface area contributed by atoms with Crippen molar-refractivity contribution in [2.24, 2.45) is 0 Å². The highest BCUT2D eigenvalue weighted by Gasteiger charge is 2.32. The van der Waals surface area contributed by atoms with Crippen LogP contribution in [0.3, 0.4) is 0 Å². The largest absolute Gasteiger partial charge is 0.465 e. The number of carbonyl (C=O) groups is 4. The van der Waals surface area contributed by atoms with Crippen molar-refractivity contribution in [2.75, 3.05) is 13.7 Å². The smallest absolute Gasteiger partial charge is 0.337 e. The van der Waals surface area contributed by atoms with Gasteiger partial charge in [0.25, 0.3) is 5.91 Å². The number of ether oxygens (including phenoxy) is 2. The second kappa shape index (κ2) is 7.18. The van der Waals surface area contributed by atoms with Crippen LogP contribution in [0.5, 0.6) is 5.75 Å². The molecule has 1 aliphatic rings. The molecule has 2 aromatic rings. The highest BCUT2D eigenvalue weighted by atomic mass is 16.5. The fourth-order valence-electron chi connectivity index (χ4n) is 2.63. The van der Waals surface area contributed by atoms with Crippen molar-refractivity contribution >= 4 is 23.8 Å². The first-order chi connectivity index (χ1) is 12.5. The average Bonchev–Trinajstić information content (AvgIpc) is 2.65. The van der Waals surface area contributed by atoms with E-state index in [0.717, 1.165) is 4.90 Å². The van der Waals surface area contributed by atoms with Crippen LogP contribution in [0.1, 0.15) is 26.3 Å². The van der Waals surface area contributed by atoms with Gasteiger partial charge in [0.1, 0.15) is 12.3 Å². The first-order valence-corrected chi connectivity index (χ1v) is 7.81. The van der Waals surface area contributed by atoms with Crippen molar-refractivity contribution in [3.63, 3.8) is 0 Å². The average molecular weight is 353 g/mol. The summed E-state index contributed by atoms with van der Waals surface area (Å²) in [7, 11) is 1.26. The summed E-state index contributed by atoms with van der Waals surface area (Å²) < 4.78 is 9.71. The molecule has 1 heterocycles. The molecule has 0 spiro atoms. The molecular formula is C19H15NO6. The molecule has 26 heavy (non-hydrogen) atoms. The maximum absolute atomic E-state index is 12.4. The van der Waals surface area contributed by atoms with E-state index >= 15 is 0 Å². The van der Waals surface area contributed by atoms with Gasteiger partial charge in [0.2, 0.25) is 5.91 Å². The van der Waals surface area contributed by atoms with Crippen LogP contribution in [-0.4, -0.2) is 42.3 Å². The quantitative estimate of drug-likeness (QED) is 0.471. The number of nitrogens with zero attached hydrogens (tertiary/aromatic N) is 1. The van der Waals surface area contributed by atoms with E-state index in [1.54, 1.807) is 24.3 Å². The SMILES string of the molecule is COC(=O)c1ccc(OC(=O)CN2C(=O)Cc3ccccc3C2=O)cc1. The number of methoxy groups -OCH3 is 1. The zero-order valence-electron chi connectivity index (χ0n) is 13.9. The minimum atomic E-state index is -0.753. The first-order valence-electron chi connectivity index (χ1n) is 7.81. The Hall–Kier alpha value is -3.48. The van der Waals surface area contributed by atoms with Crippen LogP contribution in [-0.2, 0) is 20.7 Å². The van der Waals surface area contributed by atoms with Gasteiger partial charge >= 0.3 is 11.9 Å². The van der Waals surface area contributed by atoms with E-state index in [2.05, 4.69) is 4.74 Å². The molecule has 3 rings (SSSR count). The van der Waals surface area contributed by atoms with Gasteiger partial charge in [-0.1, -0.05) is 18.2 Å². The Kier molecular flexibility index (Phi) is 4.79. The Morgan fingerprint density at radius 2 is 1.73 bits per heavy atom. The fraction of sp³-hybridized carbons (Fsp3) is 0.158. The number of hydrogen-bond acceptors (Lipinski definition) is 6. The molecule has 0 bridgehead atoms. The molecule has 0 unspecified atom stereocenters. The third-order valence-corrected chi connectivity index (χ3v) is 3.93. The van der Waals surface area contributed by atoms with E-state index in [1.165, 1.54) is 31.4 Å². The summed E-state index contributed by atoms with van der Waals surface area (Å²) in [6.45, 7) is -0.481.